The van der Waals surface area contributed by atoms with Crippen molar-refractivity contribution in [2.75, 3.05) is 30.1 Å². The van der Waals surface area contributed by atoms with Crippen LogP contribution in [0.1, 0.15) is 18.9 Å². The Morgan fingerprint density at radius 3 is 2.90 bits per heavy atom. The first-order valence-electron chi connectivity index (χ1n) is 7.17. The number of fused-ring (bicyclic) bond motifs is 1. The van der Waals surface area contributed by atoms with E-state index in [4.69, 9.17) is 0 Å². The number of esters is 1. The molecule has 0 saturated carbocycles. The molecular weight excluding hydrogens is 286 g/mol. The molecule has 21 heavy (non-hydrogen) atoms. The molecule has 1 atom stereocenters. The normalized spacial score (nSPS) is 15.2. The van der Waals surface area contributed by atoms with Gasteiger partial charge < -0.3 is 9.64 Å². The van der Waals surface area contributed by atoms with Crippen molar-refractivity contribution in [1.82, 2.24) is 0 Å². The Labute approximate surface area is 129 Å². The first-order valence-corrected chi connectivity index (χ1v) is 8.32. The van der Waals surface area contributed by atoms with Crippen LogP contribution in [0.25, 0.3) is 0 Å². The van der Waals surface area contributed by atoms with Crippen LogP contribution in [0, 0.1) is 5.92 Å². The molecule has 0 N–H and O–H groups in total. The van der Waals surface area contributed by atoms with Crippen LogP contribution in [0.5, 0.6) is 0 Å². The molecule has 0 aliphatic carbocycles. The van der Waals surface area contributed by atoms with Crippen LogP contribution < -0.4 is 4.90 Å². The van der Waals surface area contributed by atoms with E-state index in [0.29, 0.717) is 11.5 Å². The second-order valence-corrected chi connectivity index (χ2v) is 6.25. The van der Waals surface area contributed by atoms with E-state index in [9.17, 15) is 9.59 Å². The molecule has 0 fully saturated rings. The highest BCUT2D eigenvalue weighted by Gasteiger charge is 2.22. The predicted molar refractivity (Wildman–Crippen MR) is 85.6 cm³/mol. The summed E-state index contributed by atoms with van der Waals surface area (Å²) in [5, 5.41) is 0. The molecule has 114 valence electrons. The first-order chi connectivity index (χ1) is 10.1. The molecular formula is C16H21NO3S. The summed E-state index contributed by atoms with van der Waals surface area (Å²) in [4.78, 5) is 25.6. The number of rotatable bonds is 5. The van der Waals surface area contributed by atoms with Gasteiger partial charge in [-0.1, -0.05) is 25.1 Å². The van der Waals surface area contributed by atoms with Crippen LogP contribution in [0.4, 0.5) is 5.69 Å². The second kappa shape index (κ2) is 7.50. The third kappa shape index (κ3) is 4.00. The lowest BCUT2D eigenvalue weighted by molar-refractivity contribution is -0.144. The van der Waals surface area contributed by atoms with Crippen LogP contribution in [-0.2, 0) is 20.7 Å². The molecule has 1 amide bonds. The summed E-state index contributed by atoms with van der Waals surface area (Å²) in [7, 11) is 1.39. The zero-order chi connectivity index (χ0) is 15.2. The zero-order valence-corrected chi connectivity index (χ0v) is 13.3. The molecule has 1 aromatic carbocycles. The number of carbonyl (C=O) groups is 2. The summed E-state index contributed by atoms with van der Waals surface area (Å²) in [5.41, 5.74) is 2.28. The van der Waals surface area contributed by atoms with Gasteiger partial charge in [0.2, 0.25) is 5.91 Å². The number of ether oxygens (including phenoxy) is 1. The summed E-state index contributed by atoms with van der Waals surface area (Å²) < 4.78 is 4.68. The minimum atomic E-state index is -0.224. The quantitative estimate of drug-likeness (QED) is 0.784. The molecule has 1 aliphatic rings. The van der Waals surface area contributed by atoms with Gasteiger partial charge in [-0.25, -0.2) is 0 Å². The van der Waals surface area contributed by atoms with Gasteiger partial charge in [0, 0.05) is 18.0 Å². The second-order valence-electron chi connectivity index (χ2n) is 5.22. The Balaban J connectivity index is 1.89. The van der Waals surface area contributed by atoms with Crippen molar-refractivity contribution < 1.29 is 14.3 Å². The van der Waals surface area contributed by atoms with E-state index in [1.807, 2.05) is 30.0 Å². The van der Waals surface area contributed by atoms with E-state index in [1.165, 1.54) is 24.4 Å². The van der Waals surface area contributed by atoms with Gasteiger partial charge in [-0.05, 0) is 24.5 Å². The van der Waals surface area contributed by atoms with Gasteiger partial charge in [-0.15, -0.1) is 0 Å². The Hall–Kier alpha value is -1.49. The number of methoxy groups -OCH3 is 1. The lowest BCUT2D eigenvalue weighted by Gasteiger charge is -2.29. The lowest BCUT2D eigenvalue weighted by atomic mass is 10.0. The van der Waals surface area contributed by atoms with E-state index in [-0.39, 0.29) is 17.8 Å². The fraction of sp³-hybridized carbons (Fsp3) is 0.500. The number of aryl methyl sites for hydroxylation is 1. The Bertz CT molecular complexity index is 518. The monoisotopic (exact) mass is 307 g/mol. The number of benzene rings is 1. The molecule has 0 aromatic heterocycles. The van der Waals surface area contributed by atoms with Crippen LogP contribution in [-0.4, -0.2) is 37.0 Å². The van der Waals surface area contributed by atoms with Gasteiger partial charge in [-0.3, -0.25) is 9.59 Å². The molecule has 0 radical (unpaired) electrons. The number of thioether (sulfide) groups is 1. The smallest absolute Gasteiger partial charge is 0.309 e. The van der Waals surface area contributed by atoms with Crippen molar-refractivity contribution in [3.8, 4) is 0 Å². The average molecular weight is 307 g/mol. The Kier molecular flexibility index (Phi) is 5.67. The van der Waals surface area contributed by atoms with Gasteiger partial charge in [0.25, 0.3) is 0 Å². The molecule has 1 heterocycles. The number of carbonyl (C=O) groups excluding carboxylic acids is 2. The minimum absolute atomic E-state index is 0.115. The third-order valence-electron chi connectivity index (χ3n) is 3.61. The van der Waals surface area contributed by atoms with Crippen molar-refractivity contribution >= 4 is 29.3 Å². The van der Waals surface area contributed by atoms with E-state index in [0.717, 1.165) is 25.1 Å². The van der Waals surface area contributed by atoms with Gasteiger partial charge in [0.1, 0.15) is 0 Å². The number of amides is 1. The number of hydrogen-bond donors (Lipinski definition) is 0. The predicted octanol–water partition coefficient (Wildman–Crippen LogP) is 2.51. The van der Waals surface area contributed by atoms with Crippen molar-refractivity contribution in [3.05, 3.63) is 29.8 Å². The van der Waals surface area contributed by atoms with Gasteiger partial charge >= 0.3 is 5.97 Å². The van der Waals surface area contributed by atoms with Crippen molar-refractivity contribution in [2.45, 2.75) is 19.8 Å². The largest absolute Gasteiger partial charge is 0.469 e. The molecule has 1 aliphatic heterocycles. The topological polar surface area (TPSA) is 46.6 Å². The fourth-order valence-electron chi connectivity index (χ4n) is 2.46. The molecule has 4 nitrogen and oxygen atoms in total. The highest BCUT2D eigenvalue weighted by molar-refractivity contribution is 8.00. The Morgan fingerprint density at radius 1 is 1.38 bits per heavy atom. The maximum Gasteiger partial charge on any atom is 0.309 e. The number of para-hydroxylation sites is 1. The summed E-state index contributed by atoms with van der Waals surface area (Å²) in [6.07, 6.45) is 2.04. The van der Waals surface area contributed by atoms with E-state index < -0.39 is 0 Å². The maximum absolute atomic E-state index is 12.4. The molecule has 0 saturated heterocycles. The molecule has 1 aromatic rings. The highest BCUT2D eigenvalue weighted by Crippen LogP contribution is 2.27. The molecule has 0 bridgehead atoms. The Morgan fingerprint density at radius 2 is 2.14 bits per heavy atom. The van der Waals surface area contributed by atoms with Crippen LogP contribution in [0.15, 0.2) is 24.3 Å². The molecule has 0 spiro atoms. The summed E-state index contributed by atoms with van der Waals surface area (Å²) in [6.45, 7) is 2.60. The van der Waals surface area contributed by atoms with Gasteiger partial charge in [-0.2, -0.15) is 11.8 Å². The summed E-state index contributed by atoms with van der Waals surface area (Å²) in [6, 6.07) is 8.08. The van der Waals surface area contributed by atoms with Crippen LogP contribution in [0.2, 0.25) is 0 Å². The SMILES string of the molecule is COC(=O)C(C)CSCC(=O)N1CCCc2ccccc21. The van der Waals surface area contributed by atoms with Gasteiger partial charge in [0.05, 0.1) is 18.8 Å². The van der Waals surface area contributed by atoms with Crippen molar-refractivity contribution in [2.24, 2.45) is 5.92 Å². The molecule has 2 rings (SSSR count). The number of nitrogens with zero attached hydrogens (tertiary/aromatic N) is 1. The summed E-state index contributed by atoms with van der Waals surface area (Å²) in [5.74, 6) is 0.716. The lowest BCUT2D eigenvalue weighted by Crippen LogP contribution is -2.36. The fourth-order valence-corrected chi connectivity index (χ4v) is 3.40. The van der Waals surface area contributed by atoms with Crippen LogP contribution in [0.3, 0.4) is 0 Å². The van der Waals surface area contributed by atoms with E-state index in [1.54, 1.807) is 0 Å². The maximum atomic E-state index is 12.4. The van der Waals surface area contributed by atoms with E-state index in [2.05, 4.69) is 10.8 Å². The number of hydrogen-bond acceptors (Lipinski definition) is 4. The molecule has 1 unspecified atom stereocenters. The van der Waals surface area contributed by atoms with E-state index >= 15 is 0 Å². The average Bonchev–Trinajstić information content (AvgIpc) is 2.53. The van der Waals surface area contributed by atoms with Crippen molar-refractivity contribution in [3.63, 3.8) is 0 Å². The highest BCUT2D eigenvalue weighted by atomic mass is 32.2. The molecule has 5 heteroatoms. The van der Waals surface area contributed by atoms with Crippen molar-refractivity contribution in [1.29, 1.82) is 0 Å². The summed E-state index contributed by atoms with van der Waals surface area (Å²) >= 11 is 1.49. The van der Waals surface area contributed by atoms with Crippen LogP contribution >= 0.6 is 11.8 Å². The number of anilines is 1. The standard InChI is InChI=1S/C16H21NO3S/c1-12(16(19)20-2)10-21-11-15(18)17-9-5-7-13-6-3-4-8-14(13)17/h3-4,6,8,12H,5,7,9-11H2,1-2H3. The minimum Gasteiger partial charge on any atom is -0.469 e. The third-order valence-corrected chi connectivity index (χ3v) is 4.80. The van der Waals surface area contributed by atoms with Gasteiger partial charge in [0.15, 0.2) is 0 Å². The first kappa shape index (κ1) is 15.9. The zero-order valence-electron chi connectivity index (χ0n) is 12.5.